The van der Waals surface area contributed by atoms with Crippen molar-refractivity contribution in [3.63, 3.8) is 0 Å². The van der Waals surface area contributed by atoms with Gasteiger partial charge in [0, 0.05) is 25.2 Å². The monoisotopic (exact) mass is 158 g/mol. The van der Waals surface area contributed by atoms with Crippen molar-refractivity contribution in [1.29, 1.82) is 0 Å². The zero-order valence-electron chi connectivity index (χ0n) is 7.54. The van der Waals surface area contributed by atoms with Crippen molar-refractivity contribution in [2.24, 2.45) is 0 Å². The highest BCUT2D eigenvalue weighted by atomic mass is 16.3. The van der Waals surface area contributed by atoms with Gasteiger partial charge in [0.05, 0.1) is 0 Å². The van der Waals surface area contributed by atoms with E-state index >= 15 is 0 Å². The molecule has 66 valence electrons. The molecule has 3 atom stereocenters. The first kappa shape index (κ1) is 8.97. The van der Waals surface area contributed by atoms with E-state index < -0.39 is 0 Å². The number of nitrogens with zero attached hydrogens (tertiary/aromatic N) is 1. The fourth-order valence-corrected chi connectivity index (χ4v) is 1.88. The van der Waals surface area contributed by atoms with Crippen LogP contribution in [0.5, 0.6) is 0 Å². The summed E-state index contributed by atoms with van der Waals surface area (Å²) in [7, 11) is 0. The maximum atomic E-state index is 9.42. The molecule has 3 unspecified atom stereocenters. The molecule has 11 heavy (non-hydrogen) atoms. The Bertz CT molecular complexity index is 117. The smallest absolute Gasteiger partial charge is 0.105 e. The summed E-state index contributed by atoms with van der Waals surface area (Å²) < 4.78 is 0. The second-order valence-electron chi connectivity index (χ2n) is 3.44. The normalized spacial score (nSPS) is 37.1. The molecule has 3 nitrogen and oxygen atoms in total. The first-order valence-corrected chi connectivity index (χ1v) is 4.29. The Morgan fingerprint density at radius 2 is 1.82 bits per heavy atom. The van der Waals surface area contributed by atoms with Gasteiger partial charge in [0.25, 0.3) is 0 Å². The lowest BCUT2D eigenvalue weighted by Crippen LogP contribution is -2.57. The lowest BCUT2D eigenvalue weighted by Gasteiger charge is -2.41. The van der Waals surface area contributed by atoms with Crippen LogP contribution in [0.25, 0.3) is 0 Å². The molecule has 0 aromatic rings. The summed E-state index contributed by atoms with van der Waals surface area (Å²) in [6.45, 7) is 8.06. The largest absolute Gasteiger partial charge is 0.379 e. The molecular weight excluding hydrogens is 140 g/mol. The lowest BCUT2D eigenvalue weighted by atomic mass is 10.1. The summed E-state index contributed by atoms with van der Waals surface area (Å²) in [6, 6.07) is 0.887. The summed E-state index contributed by atoms with van der Waals surface area (Å²) in [5.41, 5.74) is 0. The molecule has 0 saturated carbocycles. The summed E-state index contributed by atoms with van der Waals surface area (Å²) in [5.74, 6) is 0. The number of piperazine rings is 1. The number of hydrogen-bond donors (Lipinski definition) is 2. The molecule has 0 radical (unpaired) electrons. The van der Waals surface area contributed by atoms with Crippen LogP contribution in [0.4, 0.5) is 0 Å². The Labute approximate surface area is 68.4 Å². The van der Waals surface area contributed by atoms with E-state index in [4.69, 9.17) is 0 Å². The van der Waals surface area contributed by atoms with E-state index in [1.54, 1.807) is 0 Å². The van der Waals surface area contributed by atoms with Crippen molar-refractivity contribution < 1.29 is 5.11 Å². The highest BCUT2D eigenvalue weighted by molar-refractivity contribution is 4.82. The van der Waals surface area contributed by atoms with E-state index in [2.05, 4.69) is 24.1 Å². The van der Waals surface area contributed by atoms with Gasteiger partial charge in [-0.1, -0.05) is 0 Å². The quantitative estimate of drug-likeness (QED) is 0.564. The molecule has 1 rings (SSSR count). The molecule has 0 aromatic carbocycles. The van der Waals surface area contributed by atoms with Crippen molar-refractivity contribution >= 4 is 0 Å². The predicted octanol–water partition coefficient (Wildman–Crippen LogP) is 0.00690. The first-order valence-electron chi connectivity index (χ1n) is 4.29. The van der Waals surface area contributed by atoms with Crippen LogP contribution in [0.2, 0.25) is 0 Å². The lowest BCUT2D eigenvalue weighted by molar-refractivity contribution is -0.0450. The van der Waals surface area contributed by atoms with Crippen LogP contribution in [-0.4, -0.2) is 41.4 Å². The standard InChI is InChI=1S/C8H18N2O/c1-6-4-9-5-7(2)10(6)8(3)11/h6-9,11H,4-5H2,1-3H3. The van der Waals surface area contributed by atoms with E-state index in [0.717, 1.165) is 13.1 Å². The molecule has 1 heterocycles. The highest BCUT2D eigenvalue weighted by Crippen LogP contribution is 2.11. The third kappa shape index (κ3) is 1.92. The van der Waals surface area contributed by atoms with Crippen LogP contribution in [0, 0.1) is 0 Å². The van der Waals surface area contributed by atoms with E-state index in [1.807, 2.05) is 6.92 Å². The molecule has 0 aliphatic carbocycles. The molecule has 1 saturated heterocycles. The van der Waals surface area contributed by atoms with Gasteiger partial charge in [-0.05, 0) is 20.8 Å². The van der Waals surface area contributed by atoms with Gasteiger partial charge in [-0.2, -0.15) is 0 Å². The molecule has 1 aliphatic heterocycles. The average Bonchev–Trinajstić information content (AvgIpc) is 1.85. The molecule has 3 heteroatoms. The molecule has 0 amide bonds. The van der Waals surface area contributed by atoms with Crippen molar-refractivity contribution in [3.8, 4) is 0 Å². The Morgan fingerprint density at radius 3 is 2.09 bits per heavy atom. The Balaban J connectivity index is 2.55. The number of aliphatic hydroxyl groups excluding tert-OH is 1. The molecule has 1 fully saturated rings. The van der Waals surface area contributed by atoms with E-state index in [9.17, 15) is 5.11 Å². The van der Waals surface area contributed by atoms with Gasteiger partial charge in [-0.3, -0.25) is 4.90 Å². The number of hydrogen-bond acceptors (Lipinski definition) is 3. The molecule has 0 bridgehead atoms. The third-order valence-corrected chi connectivity index (χ3v) is 2.33. The summed E-state index contributed by atoms with van der Waals surface area (Å²) in [4.78, 5) is 2.14. The maximum Gasteiger partial charge on any atom is 0.105 e. The van der Waals surface area contributed by atoms with Gasteiger partial charge < -0.3 is 10.4 Å². The van der Waals surface area contributed by atoms with Gasteiger partial charge in [-0.25, -0.2) is 0 Å². The summed E-state index contributed by atoms with van der Waals surface area (Å²) in [5, 5.41) is 12.7. The van der Waals surface area contributed by atoms with Crippen molar-refractivity contribution in [3.05, 3.63) is 0 Å². The van der Waals surface area contributed by atoms with Gasteiger partial charge in [0.15, 0.2) is 0 Å². The van der Waals surface area contributed by atoms with E-state index in [-0.39, 0.29) is 6.23 Å². The minimum Gasteiger partial charge on any atom is -0.379 e. The van der Waals surface area contributed by atoms with E-state index in [0.29, 0.717) is 12.1 Å². The number of nitrogens with one attached hydrogen (secondary N) is 1. The molecule has 0 aromatic heterocycles. The fraction of sp³-hybridized carbons (Fsp3) is 1.00. The molecular formula is C8H18N2O. The van der Waals surface area contributed by atoms with E-state index in [1.165, 1.54) is 0 Å². The van der Waals surface area contributed by atoms with Gasteiger partial charge in [0.2, 0.25) is 0 Å². The second kappa shape index (κ2) is 3.52. The van der Waals surface area contributed by atoms with Crippen molar-refractivity contribution in [2.45, 2.75) is 39.1 Å². The predicted molar refractivity (Wildman–Crippen MR) is 45.3 cm³/mol. The first-order chi connectivity index (χ1) is 5.13. The molecule has 0 spiro atoms. The average molecular weight is 158 g/mol. The van der Waals surface area contributed by atoms with Gasteiger partial charge in [0.1, 0.15) is 6.23 Å². The molecule has 1 aliphatic rings. The number of rotatable bonds is 1. The maximum absolute atomic E-state index is 9.42. The molecule has 2 N–H and O–H groups in total. The Hall–Kier alpha value is -0.120. The highest BCUT2D eigenvalue weighted by Gasteiger charge is 2.26. The van der Waals surface area contributed by atoms with Crippen LogP contribution < -0.4 is 5.32 Å². The van der Waals surface area contributed by atoms with Crippen LogP contribution >= 0.6 is 0 Å². The Kier molecular flexibility index (Phi) is 2.87. The minimum absolute atomic E-state index is 0.318. The van der Waals surface area contributed by atoms with Crippen LogP contribution in [-0.2, 0) is 0 Å². The SMILES string of the molecule is CC(O)N1C(C)CNCC1C. The van der Waals surface area contributed by atoms with Gasteiger partial charge >= 0.3 is 0 Å². The van der Waals surface area contributed by atoms with Crippen LogP contribution in [0.3, 0.4) is 0 Å². The third-order valence-electron chi connectivity index (χ3n) is 2.33. The second-order valence-corrected chi connectivity index (χ2v) is 3.44. The van der Waals surface area contributed by atoms with Gasteiger partial charge in [-0.15, -0.1) is 0 Å². The zero-order chi connectivity index (χ0) is 8.43. The van der Waals surface area contributed by atoms with Crippen molar-refractivity contribution in [2.75, 3.05) is 13.1 Å². The van der Waals surface area contributed by atoms with Crippen molar-refractivity contribution in [1.82, 2.24) is 10.2 Å². The Morgan fingerprint density at radius 1 is 1.36 bits per heavy atom. The fourth-order valence-electron chi connectivity index (χ4n) is 1.88. The number of aliphatic hydroxyl groups is 1. The summed E-state index contributed by atoms with van der Waals surface area (Å²) in [6.07, 6.45) is -0.318. The van der Waals surface area contributed by atoms with Crippen LogP contribution in [0.15, 0.2) is 0 Å². The topological polar surface area (TPSA) is 35.5 Å². The minimum atomic E-state index is -0.318. The summed E-state index contributed by atoms with van der Waals surface area (Å²) >= 11 is 0. The zero-order valence-corrected chi connectivity index (χ0v) is 7.54. The van der Waals surface area contributed by atoms with Crippen LogP contribution in [0.1, 0.15) is 20.8 Å².